The van der Waals surface area contributed by atoms with Gasteiger partial charge in [-0.05, 0) is 18.1 Å². The first-order valence-electron chi connectivity index (χ1n) is 6.70. The molecule has 1 aliphatic heterocycles. The SMILES string of the molecule is N#Cc1ccccc1C[C@H](NC(=O)[C@@H]1CCOC1)C(=O)O. The number of nitrogens with zero attached hydrogens (tertiary/aromatic N) is 1. The predicted octanol–water partition coefficient (Wildman–Crippen LogP) is 0.707. The lowest BCUT2D eigenvalue weighted by atomic mass is 10.00. The Morgan fingerprint density at radius 3 is 2.86 bits per heavy atom. The molecule has 0 spiro atoms. The summed E-state index contributed by atoms with van der Waals surface area (Å²) in [6.07, 6.45) is 0.686. The van der Waals surface area contributed by atoms with Crippen molar-refractivity contribution in [2.45, 2.75) is 18.9 Å². The van der Waals surface area contributed by atoms with E-state index in [4.69, 9.17) is 10.00 Å². The van der Waals surface area contributed by atoms with E-state index in [2.05, 4.69) is 5.32 Å². The van der Waals surface area contributed by atoms with Gasteiger partial charge in [0.05, 0.1) is 24.2 Å². The highest BCUT2D eigenvalue weighted by Gasteiger charge is 2.28. The van der Waals surface area contributed by atoms with Crippen LogP contribution in [0.5, 0.6) is 0 Å². The van der Waals surface area contributed by atoms with Crippen LogP contribution in [-0.2, 0) is 20.7 Å². The predicted molar refractivity (Wildman–Crippen MR) is 73.4 cm³/mol. The zero-order valence-corrected chi connectivity index (χ0v) is 11.4. The molecule has 2 N–H and O–H groups in total. The first-order valence-corrected chi connectivity index (χ1v) is 6.70. The Morgan fingerprint density at radius 2 is 2.24 bits per heavy atom. The molecule has 2 atom stereocenters. The molecular formula is C15H16N2O4. The fourth-order valence-corrected chi connectivity index (χ4v) is 2.26. The highest BCUT2D eigenvalue weighted by molar-refractivity contribution is 5.85. The summed E-state index contributed by atoms with van der Waals surface area (Å²) in [7, 11) is 0. The molecule has 2 rings (SSSR count). The molecule has 0 aliphatic carbocycles. The molecule has 6 heteroatoms. The third-order valence-electron chi connectivity index (χ3n) is 3.48. The molecule has 1 aromatic rings. The van der Waals surface area contributed by atoms with Crippen LogP contribution < -0.4 is 5.32 Å². The van der Waals surface area contributed by atoms with Crippen LogP contribution >= 0.6 is 0 Å². The zero-order valence-electron chi connectivity index (χ0n) is 11.4. The van der Waals surface area contributed by atoms with Crippen LogP contribution in [0.25, 0.3) is 0 Å². The number of nitrogens with one attached hydrogen (secondary N) is 1. The maximum atomic E-state index is 12.0. The monoisotopic (exact) mass is 288 g/mol. The summed E-state index contributed by atoms with van der Waals surface area (Å²) < 4.78 is 5.12. The van der Waals surface area contributed by atoms with Gasteiger partial charge >= 0.3 is 5.97 Å². The van der Waals surface area contributed by atoms with Gasteiger partial charge in [-0.1, -0.05) is 18.2 Å². The van der Waals surface area contributed by atoms with Gasteiger partial charge in [-0.3, -0.25) is 4.79 Å². The zero-order chi connectivity index (χ0) is 15.2. The molecule has 6 nitrogen and oxygen atoms in total. The van der Waals surface area contributed by atoms with Crippen LogP contribution in [0, 0.1) is 17.2 Å². The minimum Gasteiger partial charge on any atom is -0.480 e. The maximum Gasteiger partial charge on any atom is 0.326 e. The molecule has 0 unspecified atom stereocenters. The van der Waals surface area contributed by atoms with E-state index in [9.17, 15) is 14.7 Å². The summed E-state index contributed by atoms with van der Waals surface area (Å²) >= 11 is 0. The number of carboxylic acids is 1. The van der Waals surface area contributed by atoms with Crippen LogP contribution in [0.3, 0.4) is 0 Å². The molecule has 1 fully saturated rings. The van der Waals surface area contributed by atoms with Crippen LogP contribution in [0.15, 0.2) is 24.3 Å². The molecule has 0 radical (unpaired) electrons. The van der Waals surface area contributed by atoms with E-state index in [1.807, 2.05) is 6.07 Å². The van der Waals surface area contributed by atoms with Crippen molar-refractivity contribution < 1.29 is 19.4 Å². The number of ether oxygens (including phenoxy) is 1. The molecular weight excluding hydrogens is 272 g/mol. The lowest BCUT2D eigenvalue weighted by molar-refractivity contribution is -0.142. The largest absolute Gasteiger partial charge is 0.480 e. The van der Waals surface area contributed by atoms with Crippen LogP contribution in [0.2, 0.25) is 0 Å². The summed E-state index contributed by atoms with van der Waals surface area (Å²) in [5, 5.41) is 20.8. The Bertz CT molecular complexity index is 573. The van der Waals surface area contributed by atoms with Crippen molar-refractivity contribution in [2.75, 3.05) is 13.2 Å². The van der Waals surface area contributed by atoms with Crippen LogP contribution in [-0.4, -0.2) is 36.2 Å². The Labute approximate surface area is 122 Å². The molecule has 1 saturated heterocycles. The summed E-state index contributed by atoms with van der Waals surface area (Å²) in [5.41, 5.74) is 1.03. The van der Waals surface area contributed by atoms with E-state index in [0.29, 0.717) is 30.8 Å². The van der Waals surface area contributed by atoms with E-state index >= 15 is 0 Å². The van der Waals surface area contributed by atoms with Gasteiger partial charge in [0.1, 0.15) is 6.04 Å². The molecule has 0 aromatic heterocycles. The van der Waals surface area contributed by atoms with E-state index in [1.54, 1.807) is 24.3 Å². The van der Waals surface area contributed by atoms with Gasteiger partial charge in [0.2, 0.25) is 5.91 Å². The van der Waals surface area contributed by atoms with Gasteiger partial charge in [0.15, 0.2) is 0 Å². The Kier molecular flexibility index (Phi) is 4.90. The minimum atomic E-state index is -1.12. The fraction of sp³-hybridized carbons (Fsp3) is 0.400. The van der Waals surface area contributed by atoms with E-state index in [1.165, 1.54) is 0 Å². The molecule has 0 bridgehead atoms. The second-order valence-corrected chi connectivity index (χ2v) is 4.93. The normalized spacial score (nSPS) is 18.7. The number of aliphatic carboxylic acids is 1. The standard InChI is InChI=1S/C15H16N2O4/c16-8-11-4-2-1-3-10(11)7-13(15(19)20)17-14(18)12-5-6-21-9-12/h1-4,12-13H,5-7,9H2,(H,17,18)(H,19,20)/t12-,13+/m1/s1. The Morgan fingerprint density at radius 1 is 1.48 bits per heavy atom. The van der Waals surface area contributed by atoms with Gasteiger partial charge in [0, 0.05) is 13.0 Å². The lowest BCUT2D eigenvalue weighted by Crippen LogP contribution is -2.45. The highest BCUT2D eigenvalue weighted by Crippen LogP contribution is 2.14. The van der Waals surface area contributed by atoms with Crippen molar-refractivity contribution in [1.82, 2.24) is 5.32 Å². The number of amides is 1. The maximum absolute atomic E-state index is 12.0. The van der Waals surface area contributed by atoms with Crippen molar-refractivity contribution in [3.05, 3.63) is 35.4 Å². The Hall–Kier alpha value is -2.39. The molecule has 1 aliphatic rings. The number of nitriles is 1. The molecule has 1 heterocycles. The number of carbonyl (C=O) groups is 2. The second-order valence-electron chi connectivity index (χ2n) is 4.93. The van der Waals surface area contributed by atoms with E-state index in [-0.39, 0.29) is 18.2 Å². The summed E-state index contributed by atoms with van der Waals surface area (Å²) in [4.78, 5) is 23.3. The topological polar surface area (TPSA) is 99.4 Å². The van der Waals surface area contributed by atoms with Gasteiger partial charge in [0.25, 0.3) is 0 Å². The molecule has 110 valence electrons. The average Bonchev–Trinajstić information content (AvgIpc) is 3.01. The van der Waals surface area contributed by atoms with E-state index < -0.39 is 12.0 Å². The summed E-state index contributed by atoms with van der Waals surface area (Å²) in [6.45, 7) is 0.847. The lowest BCUT2D eigenvalue weighted by Gasteiger charge is -2.17. The first-order chi connectivity index (χ1) is 10.1. The van der Waals surface area contributed by atoms with Gasteiger partial charge in [-0.2, -0.15) is 5.26 Å². The van der Waals surface area contributed by atoms with Gasteiger partial charge in [-0.25, -0.2) is 4.79 Å². The Balaban J connectivity index is 2.07. The van der Waals surface area contributed by atoms with Gasteiger partial charge < -0.3 is 15.2 Å². The fourth-order valence-electron chi connectivity index (χ4n) is 2.26. The number of benzene rings is 1. The van der Waals surface area contributed by atoms with Gasteiger partial charge in [-0.15, -0.1) is 0 Å². The highest BCUT2D eigenvalue weighted by atomic mass is 16.5. The molecule has 21 heavy (non-hydrogen) atoms. The number of carbonyl (C=O) groups excluding carboxylic acids is 1. The number of carboxylic acid groups (broad SMARTS) is 1. The van der Waals surface area contributed by atoms with Crippen LogP contribution in [0.4, 0.5) is 0 Å². The molecule has 1 aromatic carbocycles. The quantitative estimate of drug-likeness (QED) is 0.831. The van der Waals surface area contributed by atoms with Crippen molar-refractivity contribution in [1.29, 1.82) is 5.26 Å². The third kappa shape index (κ3) is 3.80. The summed E-state index contributed by atoms with van der Waals surface area (Å²) in [5.74, 6) is -1.72. The molecule has 0 saturated carbocycles. The van der Waals surface area contributed by atoms with Crippen molar-refractivity contribution in [3.63, 3.8) is 0 Å². The second kappa shape index (κ2) is 6.86. The van der Waals surface area contributed by atoms with Crippen molar-refractivity contribution in [3.8, 4) is 6.07 Å². The first kappa shape index (κ1) is 15.0. The molecule has 1 amide bonds. The van der Waals surface area contributed by atoms with E-state index in [0.717, 1.165) is 0 Å². The van der Waals surface area contributed by atoms with Crippen molar-refractivity contribution >= 4 is 11.9 Å². The third-order valence-corrected chi connectivity index (χ3v) is 3.48. The average molecular weight is 288 g/mol. The number of rotatable bonds is 5. The van der Waals surface area contributed by atoms with Crippen LogP contribution in [0.1, 0.15) is 17.5 Å². The summed E-state index contributed by atoms with van der Waals surface area (Å²) in [6, 6.07) is 7.75. The number of hydrogen-bond donors (Lipinski definition) is 2. The number of hydrogen-bond acceptors (Lipinski definition) is 4. The smallest absolute Gasteiger partial charge is 0.326 e. The van der Waals surface area contributed by atoms with Crippen molar-refractivity contribution in [2.24, 2.45) is 5.92 Å². The minimum absolute atomic E-state index is 0.0817.